The number of methoxy groups -OCH3 is 1. The minimum atomic E-state index is -3.07. The number of hydrogen-bond donors (Lipinski definition) is 4. The summed E-state index contributed by atoms with van der Waals surface area (Å²) in [6, 6.07) is 0.193. The predicted octanol–water partition coefficient (Wildman–Crippen LogP) is 2.28. The highest BCUT2D eigenvalue weighted by atomic mass is 16.5. The lowest BCUT2D eigenvalue weighted by Gasteiger charge is -2.49. The van der Waals surface area contributed by atoms with Gasteiger partial charge in [0, 0.05) is 60.7 Å². The Hall–Kier alpha value is -4.30. The number of benzene rings is 2. The van der Waals surface area contributed by atoms with Crippen LogP contribution in [0.2, 0.25) is 0 Å². The topological polar surface area (TPSA) is 183 Å². The minimum Gasteiger partial charge on any atom is -0.508 e. The molecule has 1 spiro atoms. The van der Waals surface area contributed by atoms with Crippen molar-refractivity contribution in [2.45, 2.75) is 57.1 Å². The molecular weight excluding hydrogens is 668 g/mol. The van der Waals surface area contributed by atoms with Crippen LogP contribution in [0.15, 0.2) is 29.0 Å². The predicted molar refractivity (Wildman–Crippen MR) is 192 cm³/mol. The second-order valence-electron chi connectivity index (χ2n) is 16.0. The van der Waals surface area contributed by atoms with Crippen molar-refractivity contribution in [2.24, 2.45) is 17.1 Å². The molecule has 0 saturated carbocycles. The van der Waals surface area contributed by atoms with Crippen LogP contribution in [0.4, 0.5) is 0 Å². The summed E-state index contributed by atoms with van der Waals surface area (Å²) in [4.78, 5) is 62.0. The van der Waals surface area contributed by atoms with E-state index in [1.165, 1.54) is 19.0 Å². The van der Waals surface area contributed by atoms with E-state index in [-0.39, 0.29) is 35.1 Å². The molecule has 7 rings (SSSR count). The van der Waals surface area contributed by atoms with Gasteiger partial charge < -0.3 is 35.4 Å². The van der Waals surface area contributed by atoms with Gasteiger partial charge in [0.25, 0.3) is 5.91 Å². The molecule has 52 heavy (non-hydrogen) atoms. The van der Waals surface area contributed by atoms with E-state index in [0.717, 1.165) is 50.2 Å². The molecule has 0 unspecified atom stereocenters. The Kier molecular flexibility index (Phi) is 8.41. The van der Waals surface area contributed by atoms with Crippen molar-refractivity contribution in [3.8, 4) is 17.2 Å². The zero-order valence-electron chi connectivity index (χ0n) is 30.9. The van der Waals surface area contributed by atoms with Gasteiger partial charge in [-0.3, -0.25) is 29.0 Å². The van der Waals surface area contributed by atoms with E-state index in [4.69, 9.17) is 15.2 Å². The van der Waals surface area contributed by atoms with Crippen molar-refractivity contribution in [1.82, 2.24) is 14.7 Å². The van der Waals surface area contributed by atoms with Gasteiger partial charge in [-0.1, -0.05) is 25.5 Å². The largest absolute Gasteiger partial charge is 0.508 e. The molecule has 4 aliphatic carbocycles. The molecular formula is C39H48N4O9. The SMILES string of the molecule is COc1cc(OCCN2CCN(C)CC2)c2c(O)c3c(c4c2c1[C@]1(C4)C(C)=CCCC1(C)C)C(=O)[C@H]1[C@H](N(C)C)C(=O)C(C(N)=O)=C(O)[C@@]1(O)C3=O. The van der Waals surface area contributed by atoms with Gasteiger partial charge in [0.1, 0.15) is 35.2 Å². The van der Waals surface area contributed by atoms with Crippen LogP contribution in [0.1, 0.15) is 65.5 Å². The number of primary amides is 1. The quantitative estimate of drug-likeness (QED) is 0.243. The Morgan fingerprint density at radius 2 is 1.71 bits per heavy atom. The summed E-state index contributed by atoms with van der Waals surface area (Å²) >= 11 is 0. The first kappa shape index (κ1) is 36.1. The van der Waals surface area contributed by atoms with E-state index in [0.29, 0.717) is 23.2 Å². The molecule has 1 amide bonds. The van der Waals surface area contributed by atoms with Crippen molar-refractivity contribution in [3.63, 3.8) is 0 Å². The molecule has 0 radical (unpaired) electrons. The van der Waals surface area contributed by atoms with E-state index in [1.807, 2.05) is 6.92 Å². The molecule has 0 bridgehead atoms. The van der Waals surface area contributed by atoms with Crippen molar-refractivity contribution in [3.05, 3.63) is 51.3 Å². The minimum absolute atomic E-state index is 0.122. The van der Waals surface area contributed by atoms with Crippen LogP contribution in [-0.2, 0) is 21.4 Å². The molecule has 13 nitrogen and oxygen atoms in total. The number of carbonyl (C=O) groups is 4. The van der Waals surface area contributed by atoms with Crippen LogP contribution < -0.4 is 15.2 Å². The van der Waals surface area contributed by atoms with Gasteiger partial charge in [-0.05, 0) is 58.3 Å². The molecule has 1 aliphatic heterocycles. The van der Waals surface area contributed by atoms with Crippen LogP contribution >= 0.6 is 0 Å². The van der Waals surface area contributed by atoms with Gasteiger partial charge in [-0.25, -0.2) is 0 Å². The number of carbonyl (C=O) groups excluding carboxylic acids is 4. The van der Waals surface area contributed by atoms with Gasteiger partial charge in [0.05, 0.1) is 30.0 Å². The summed E-state index contributed by atoms with van der Waals surface area (Å²) in [6.45, 7) is 10.8. The number of rotatable bonds is 7. The second-order valence-corrected chi connectivity index (χ2v) is 16.0. The number of ether oxygens (including phenoxy) is 2. The van der Waals surface area contributed by atoms with Crippen LogP contribution in [0.25, 0.3) is 10.8 Å². The number of phenols is 1. The van der Waals surface area contributed by atoms with E-state index < -0.39 is 68.9 Å². The summed E-state index contributed by atoms with van der Waals surface area (Å²) < 4.78 is 12.6. The molecule has 13 heteroatoms. The number of amides is 1. The Morgan fingerprint density at radius 1 is 1.04 bits per heavy atom. The number of allylic oxidation sites excluding steroid dienone is 2. The lowest BCUT2D eigenvalue weighted by atomic mass is 9.54. The highest BCUT2D eigenvalue weighted by Crippen LogP contribution is 2.65. The second kappa shape index (κ2) is 12.1. The van der Waals surface area contributed by atoms with Gasteiger partial charge in [0.2, 0.25) is 5.78 Å². The van der Waals surface area contributed by atoms with Crippen LogP contribution in [0.3, 0.4) is 0 Å². The van der Waals surface area contributed by atoms with Crippen molar-refractivity contribution in [1.29, 1.82) is 0 Å². The molecule has 2 aromatic rings. The van der Waals surface area contributed by atoms with Crippen molar-refractivity contribution in [2.75, 3.05) is 67.6 Å². The zero-order valence-corrected chi connectivity index (χ0v) is 30.9. The van der Waals surface area contributed by atoms with Gasteiger partial charge >= 0.3 is 0 Å². The normalized spacial score (nSPS) is 28.8. The average molecular weight is 717 g/mol. The third kappa shape index (κ3) is 4.61. The number of Topliss-reactive ketones (excluding diaryl/α,β-unsaturated/α-hetero) is 3. The Morgan fingerprint density at radius 3 is 2.31 bits per heavy atom. The fourth-order valence-electron chi connectivity index (χ4n) is 9.94. The molecule has 1 heterocycles. The number of piperazine rings is 1. The molecule has 1 fully saturated rings. The zero-order chi connectivity index (χ0) is 37.8. The molecule has 2 aromatic carbocycles. The van der Waals surface area contributed by atoms with E-state index in [2.05, 4.69) is 36.8 Å². The lowest BCUT2D eigenvalue weighted by Crippen LogP contribution is -2.66. The van der Waals surface area contributed by atoms with E-state index >= 15 is 4.79 Å². The van der Waals surface area contributed by atoms with Crippen molar-refractivity contribution >= 4 is 34.0 Å². The smallest absolute Gasteiger partial charge is 0.255 e. The summed E-state index contributed by atoms with van der Waals surface area (Å²) in [5, 5.41) is 36.7. The van der Waals surface area contributed by atoms with Crippen LogP contribution in [-0.4, -0.2) is 133 Å². The Bertz CT molecular complexity index is 2020. The number of aromatic hydroxyl groups is 1. The summed E-state index contributed by atoms with van der Waals surface area (Å²) in [6.07, 6.45) is 4.08. The van der Waals surface area contributed by atoms with E-state index in [9.17, 15) is 29.7 Å². The Labute approximate surface area is 302 Å². The third-order valence-corrected chi connectivity index (χ3v) is 12.8. The molecule has 1 saturated heterocycles. The number of likely N-dealkylation sites (N-methyl/N-ethyl adjacent to an activating group) is 2. The number of hydrogen-bond acceptors (Lipinski definition) is 12. The molecule has 5 aliphatic rings. The molecule has 4 atom stereocenters. The first-order chi connectivity index (χ1) is 24.4. The number of aliphatic hydroxyl groups excluding tert-OH is 1. The van der Waals surface area contributed by atoms with E-state index in [1.54, 1.807) is 13.2 Å². The number of nitrogens with two attached hydrogens (primary N) is 1. The molecule has 278 valence electrons. The number of nitrogens with zero attached hydrogens (tertiary/aromatic N) is 3. The fourth-order valence-corrected chi connectivity index (χ4v) is 9.94. The number of fused-ring (bicyclic) bond motifs is 4. The summed E-state index contributed by atoms with van der Waals surface area (Å²) in [5.41, 5.74) is 2.03. The molecule has 5 N–H and O–H groups in total. The standard InChI is InChI=1S/C39H48N4O9/c1-19-9-8-10-37(2,3)38(19)18-20-23-25(21(17-22(51-7)28(23)38)52-16-15-43-13-11-42(6)12-14-43)31(44)26-24(20)32(45)29-30(41(4)5)33(46)27(36(40)49)35(48)39(29,50)34(26)47/h9,17,29-30,44,48,50H,8,10-16,18H2,1-7H3,(H2,40,49)/t29-,30+,38+,39+/m1/s1. The van der Waals surface area contributed by atoms with Gasteiger partial charge in [-0.15, -0.1) is 0 Å². The van der Waals surface area contributed by atoms with Gasteiger partial charge in [0.15, 0.2) is 17.2 Å². The lowest BCUT2D eigenvalue weighted by molar-refractivity contribution is -0.130. The third-order valence-electron chi connectivity index (χ3n) is 12.8. The number of ketones is 3. The maximum atomic E-state index is 15.1. The summed E-state index contributed by atoms with van der Waals surface area (Å²) in [5.74, 6) is -7.36. The van der Waals surface area contributed by atoms with Crippen molar-refractivity contribution < 1.29 is 44.0 Å². The average Bonchev–Trinajstić information content (AvgIpc) is 3.44. The first-order valence-electron chi connectivity index (χ1n) is 17.8. The highest BCUT2D eigenvalue weighted by Gasteiger charge is 2.67. The number of aliphatic hydroxyl groups is 2. The summed E-state index contributed by atoms with van der Waals surface area (Å²) in [7, 11) is 6.58. The number of phenolic OH excluding ortho intramolecular Hbond substituents is 1. The van der Waals surface area contributed by atoms with Crippen LogP contribution in [0.5, 0.6) is 17.2 Å². The highest BCUT2D eigenvalue weighted by molar-refractivity contribution is 6.31. The maximum absolute atomic E-state index is 15.1. The first-order valence-corrected chi connectivity index (χ1v) is 17.8. The molecule has 0 aromatic heterocycles. The fraction of sp³-hybridized carbons (Fsp3) is 0.538. The Balaban J connectivity index is 1.53. The van der Waals surface area contributed by atoms with Gasteiger partial charge in [-0.2, -0.15) is 0 Å². The maximum Gasteiger partial charge on any atom is 0.255 e. The monoisotopic (exact) mass is 716 g/mol. The van der Waals surface area contributed by atoms with Crippen LogP contribution in [0, 0.1) is 11.3 Å².